The summed E-state index contributed by atoms with van der Waals surface area (Å²) in [7, 11) is -3.56. The van der Waals surface area contributed by atoms with Crippen LogP contribution in [0.2, 0.25) is 0 Å². The summed E-state index contributed by atoms with van der Waals surface area (Å²) >= 11 is 0. The third kappa shape index (κ3) is 8.86. The van der Waals surface area contributed by atoms with E-state index in [0.29, 0.717) is 19.0 Å². The van der Waals surface area contributed by atoms with E-state index in [9.17, 15) is 13.2 Å². The Morgan fingerprint density at radius 3 is 2.37 bits per heavy atom. The van der Waals surface area contributed by atoms with Crippen LogP contribution in [0.3, 0.4) is 0 Å². The number of rotatable bonds is 12. The standard InChI is InChI=1S/C24H40N2O3S/c1-18(2)13-23(25)24(27)17-30(28,29)16-22-12-8-7-11-21(22)15-26-19(3)14-20-9-5-4-6-10-20/h7-8,11-12,18-20,23,26H,4-6,9-10,13-17,25H2,1-3H3/t19?,23-/m0/s1. The summed E-state index contributed by atoms with van der Waals surface area (Å²) in [5, 5.41) is 3.57. The van der Waals surface area contributed by atoms with Gasteiger partial charge in [-0.05, 0) is 42.7 Å². The number of carbonyl (C=O) groups is 1. The first-order valence-corrected chi connectivity index (χ1v) is 13.3. The second-order valence-electron chi connectivity index (χ2n) is 9.52. The number of nitrogens with one attached hydrogen (secondary N) is 1. The minimum Gasteiger partial charge on any atom is -0.321 e. The van der Waals surface area contributed by atoms with Crippen LogP contribution < -0.4 is 11.1 Å². The monoisotopic (exact) mass is 436 g/mol. The van der Waals surface area contributed by atoms with Crippen LogP contribution in [-0.2, 0) is 26.9 Å². The van der Waals surface area contributed by atoms with Crippen molar-refractivity contribution in [2.75, 3.05) is 5.75 Å². The average molecular weight is 437 g/mol. The fraction of sp³-hybridized carbons (Fsp3) is 0.708. The Balaban J connectivity index is 1.92. The molecule has 1 aliphatic carbocycles. The Labute approximate surface area is 183 Å². The van der Waals surface area contributed by atoms with E-state index >= 15 is 0 Å². The van der Waals surface area contributed by atoms with Gasteiger partial charge in [0.15, 0.2) is 15.6 Å². The number of sulfone groups is 1. The molecule has 1 saturated carbocycles. The number of carbonyl (C=O) groups excluding carboxylic acids is 1. The van der Waals surface area contributed by atoms with Gasteiger partial charge in [-0.1, -0.05) is 70.2 Å². The summed E-state index contributed by atoms with van der Waals surface area (Å²) in [4.78, 5) is 12.3. The molecule has 1 fully saturated rings. The predicted molar refractivity (Wildman–Crippen MR) is 124 cm³/mol. The van der Waals surface area contributed by atoms with Crippen LogP contribution in [-0.4, -0.2) is 32.0 Å². The molecule has 30 heavy (non-hydrogen) atoms. The van der Waals surface area contributed by atoms with Gasteiger partial charge in [0, 0.05) is 12.6 Å². The van der Waals surface area contributed by atoms with Crippen molar-refractivity contribution in [3.63, 3.8) is 0 Å². The molecule has 3 N–H and O–H groups in total. The third-order valence-corrected chi connectivity index (χ3v) is 7.52. The van der Waals surface area contributed by atoms with Gasteiger partial charge in [-0.15, -0.1) is 0 Å². The van der Waals surface area contributed by atoms with Crippen molar-refractivity contribution in [1.82, 2.24) is 5.32 Å². The summed E-state index contributed by atoms with van der Waals surface area (Å²) in [6, 6.07) is 7.29. The van der Waals surface area contributed by atoms with E-state index in [0.717, 1.165) is 17.0 Å². The smallest absolute Gasteiger partial charge is 0.164 e. The third-order valence-electron chi connectivity index (χ3n) is 6.05. The molecule has 0 bridgehead atoms. The zero-order valence-electron chi connectivity index (χ0n) is 18.9. The molecule has 0 spiro atoms. The van der Waals surface area contributed by atoms with Gasteiger partial charge in [-0.25, -0.2) is 8.42 Å². The number of benzene rings is 1. The summed E-state index contributed by atoms with van der Waals surface area (Å²) in [5.41, 5.74) is 7.63. The second-order valence-corrected chi connectivity index (χ2v) is 11.6. The van der Waals surface area contributed by atoms with E-state index in [2.05, 4.69) is 12.2 Å². The molecule has 5 nitrogen and oxygen atoms in total. The van der Waals surface area contributed by atoms with E-state index < -0.39 is 21.6 Å². The normalized spacial score (nSPS) is 17.8. The first kappa shape index (κ1) is 25.0. The number of hydrogen-bond acceptors (Lipinski definition) is 5. The molecular formula is C24H40N2O3S. The van der Waals surface area contributed by atoms with Crippen LogP contribution in [0.1, 0.15) is 76.8 Å². The molecule has 1 unspecified atom stereocenters. The fourth-order valence-corrected chi connectivity index (χ4v) is 5.92. The van der Waals surface area contributed by atoms with Crippen molar-refractivity contribution < 1.29 is 13.2 Å². The van der Waals surface area contributed by atoms with Gasteiger partial charge in [0.05, 0.1) is 11.8 Å². The lowest BCUT2D eigenvalue weighted by Crippen LogP contribution is -2.36. The molecule has 2 atom stereocenters. The van der Waals surface area contributed by atoms with Crippen LogP contribution in [0.5, 0.6) is 0 Å². The van der Waals surface area contributed by atoms with Crippen molar-refractivity contribution in [2.24, 2.45) is 17.6 Å². The molecule has 1 aliphatic rings. The second kappa shape index (κ2) is 12.0. The Kier molecular flexibility index (Phi) is 9.98. The first-order valence-electron chi connectivity index (χ1n) is 11.4. The number of ketones is 1. The highest BCUT2D eigenvalue weighted by atomic mass is 32.2. The highest BCUT2D eigenvalue weighted by Gasteiger charge is 2.24. The van der Waals surface area contributed by atoms with Gasteiger partial charge in [0.1, 0.15) is 5.75 Å². The zero-order valence-corrected chi connectivity index (χ0v) is 19.7. The molecule has 0 aromatic heterocycles. The quantitative estimate of drug-likeness (QED) is 0.517. The Morgan fingerprint density at radius 1 is 1.10 bits per heavy atom. The maximum absolute atomic E-state index is 12.7. The van der Waals surface area contributed by atoms with Gasteiger partial charge in [0.2, 0.25) is 0 Å². The highest BCUT2D eigenvalue weighted by Crippen LogP contribution is 2.27. The van der Waals surface area contributed by atoms with Gasteiger partial charge in [-0.3, -0.25) is 4.79 Å². The largest absolute Gasteiger partial charge is 0.321 e. The molecule has 6 heteroatoms. The van der Waals surface area contributed by atoms with E-state index in [1.807, 2.05) is 38.1 Å². The Hall–Kier alpha value is -1.24. The molecule has 0 saturated heterocycles. The SMILES string of the molecule is CC(C)C[C@H](N)C(=O)CS(=O)(=O)Cc1ccccc1CNC(C)CC1CCCCC1. The highest BCUT2D eigenvalue weighted by molar-refractivity contribution is 7.91. The summed E-state index contributed by atoms with van der Waals surface area (Å²) in [5.74, 6) is 0.0651. The van der Waals surface area contributed by atoms with E-state index in [1.54, 1.807) is 0 Å². The minimum atomic E-state index is -3.56. The maximum Gasteiger partial charge on any atom is 0.164 e. The first-order chi connectivity index (χ1) is 14.2. The molecule has 0 heterocycles. The van der Waals surface area contributed by atoms with E-state index in [-0.39, 0.29) is 17.5 Å². The van der Waals surface area contributed by atoms with Crippen molar-refractivity contribution in [2.45, 2.75) is 90.1 Å². The Morgan fingerprint density at radius 2 is 1.73 bits per heavy atom. The van der Waals surface area contributed by atoms with Crippen molar-refractivity contribution in [1.29, 1.82) is 0 Å². The molecule has 1 aromatic rings. The summed E-state index contributed by atoms with van der Waals surface area (Å²) in [6.07, 6.45) is 8.39. The molecule has 0 radical (unpaired) electrons. The Bertz CT molecular complexity index is 770. The zero-order chi connectivity index (χ0) is 22.1. The van der Waals surface area contributed by atoms with Crippen molar-refractivity contribution in [3.8, 4) is 0 Å². The lowest BCUT2D eigenvalue weighted by atomic mass is 9.85. The van der Waals surface area contributed by atoms with Crippen LogP contribution in [0, 0.1) is 11.8 Å². The number of Topliss-reactive ketones (excluding diaryl/α,β-unsaturated/α-hetero) is 1. The lowest BCUT2D eigenvalue weighted by Gasteiger charge is -2.25. The molecule has 0 aliphatic heterocycles. The van der Waals surface area contributed by atoms with Gasteiger partial charge in [0.25, 0.3) is 0 Å². The van der Waals surface area contributed by atoms with Crippen LogP contribution >= 0.6 is 0 Å². The molecular weight excluding hydrogens is 396 g/mol. The summed E-state index contributed by atoms with van der Waals surface area (Å²) < 4.78 is 25.3. The molecule has 1 aromatic carbocycles. The van der Waals surface area contributed by atoms with Crippen molar-refractivity contribution >= 4 is 15.6 Å². The number of hydrogen-bond donors (Lipinski definition) is 2. The topological polar surface area (TPSA) is 89.3 Å². The van der Waals surface area contributed by atoms with Gasteiger partial charge < -0.3 is 11.1 Å². The average Bonchev–Trinajstić information content (AvgIpc) is 2.67. The van der Waals surface area contributed by atoms with Gasteiger partial charge in [-0.2, -0.15) is 0 Å². The maximum atomic E-state index is 12.7. The summed E-state index contributed by atoms with van der Waals surface area (Å²) in [6.45, 7) is 6.80. The van der Waals surface area contributed by atoms with E-state index in [4.69, 9.17) is 5.73 Å². The molecule has 0 amide bonds. The molecule has 170 valence electrons. The van der Waals surface area contributed by atoms with Crippen LogP contribution in [0.15, 0.2) is 24.3 Å². The van der Waals surface area contributed by atoms with Crippen LogP contribution in [0.25, 0.3) is 0 Å². The van der Waals surface area contributed by atoms with Crippen molar-refractivity contribution in [3.05, 3.63) is 35.4 Å². The minimum absolute atomic E-state index is 0.123. The molecule has 2 rings (SSSR count). The van der Waals surface area contributed by atoms with Crippen LogP contribution in [0.4, 0.5) is 0 Å². The number of nitrogens with two attached hydrogens (primary N) is 1. The predicted octanol–water partition coefficient (Wildman–Crippen LogP) is 3.99. The van der Waals surface area contributed by atoms with E-state index in [1.165, 1.54) is 38.5 Å². The fourth-order valence-electron chi connectivity index (χ4n) is 4.41. The lowest BCUT2D eigenvalue weighted by molar-refractivity contribution is -0.118. The van der Waals surface area contributed by atoms with Gasteiger partial charge >= 0.3 is 0 Å².